The Morgan fingerprint density at radius 1 is 1.21 bits per heavy atom. The number of aryl methyl sites for hydroxylation is 1. The van der Waals surface area contributed by atoms with Crippen LogP contribution < -0.4 is 10.1 Å². The van der Waals surface area contributed by atoms with Crippen molar-refractivity contribution >= 4 is 17.5 Å². The lowest BCUT2D eigenvalue weighted by Gasteiger charge is -2.40. The third-order valence-corrected chi connectivity index (χ3v) is 5.73. The van der Waals surface area contributed by atoms with E-state index in [0.717, 1.165) is 11.4 Å². The number of hydrogen-bond donors (Lipinski definition) is 2. The predicted molar refractivity (Wildman–Crippen MR) is 121 cm³/mol. The molecule has 1 aromatic heterocycles. The van der Waals surface area contributed by atoms with Crippen LogP contribution in [0.1, 0.15) is 27.8 Å². The Kier molecular flexibility index (Phi) is 6.71. The number of anilines is 1. The highest BCUT2D eigenvalue weighted by molar-refractivity contribution is 6.04. The van der Waals surface area contributed by atoms with E-state index in [0.29, 0.717) is 17.0 Å². The molecule has 9 nitrogen and oxygen atoms in total. The van der Waals surface area contributed by atoms with Crippen molar-refractivity contribution in [2.75, 3.05) is 25.6 Å². The van der Waals surface area contributed by atoms with Gasteiger partial charge in [-0.2, -0.15) is 0 Å². The summed E-state index contributed by atoms with van der Waals surface area (Å²) in [7, 11) is 3.43. The lowest BCUT2D eigenvalue weighted by Crippen LogP contribution is -2.52. The first-order valence-corrected chi connectivity index (χ1v) is 10.5. The van der Waals surface area contributed by atoms with Gasteiger partial charge in [0.25, 0.3) is 5.91 Å². The molecular formula is C24H26N4O5. The number of carbonyl (C=O) groups excluding carboxylic acids is 2. The number of amides is 2. The van der Waals surface area contributed by atoms with Crippen LogP contribution in [-0.4, -0.2) is 57.7 Å². The first-order valence-electron chi connectivity index (χ1n) is 10.5. The van der Waals surface area contributed by atoms with Gasteiger partial charge in [0.2, 0.25) is 5.91 Å². The van der Waals surface area contributed by atoms with E-state index in [9.17, 15) is 14.7 Å². The average Bonchev–Trinajstić information content (AvgIpc) is 3.25. The zero-order chi connectivity index (χ0) is 23.4. The van der Waals surface area contributed by atoms with Crippen LogP contribution in [0.3, 0.4) is 0 Å². The summed E-state index contributed by atoms with van der Waals surface area (Å²) in [6, 6.07) is 13.5. The van der Waals surface area contributed by atoms with Gasteiger partial charge in [-0.05, 0) is 42.0 Å². The summed E-state index contributed by atoms with van der Waals surface area (Å²) in [4.78, 5) is 30.9. The average molecular weight is 450 g/mol. The lowest BCUT2D eigenvalue weighted by molar-refractivity contribution is -0.162. The van der Waals surface area contributed by atoms with Gasteiger partial charge < -0.3 is 29.4 Å². The standard InChI is InChI=1S/C24H26N4O5/c1-27-12-11-25-21(27)13-28-20(14-29)23(33-15-22(28)30)16-3-7-18(8-4-16)26-24(31)17-5-9-19(32-2)10-6-17/h3-12,20,23,29H,13-15H2,1-2H3,(H,26,31). The molecule has 2 amide bonds. The van der Waals surface area contributed by atoms with E-state index in [1.54, 1.807) is 54.6 Å². The summed E-state index contributed by atoms with van der Waals surface area (Å²) in [5.74, 6) is 0.965. The molecule has 4 rings (SSSR count). The Labute approximate surface area is 191 Å². The minimum Gasteiger partial charge on any atom is -0.497 e. The second kappa shape index (κ2) is 9.85. The fourth-order valence-electron chi connectivity index (χ4n) is 3.82. The van der Waals surface area contributed by atoms with Gasteiger partial charge in [-0.15, -0.1) is 0 Å². The number of aliphatic hydroxyl groups excluding tert-OH is 1. The molecule has 1 aliphatic rings. The van der Waals surface area contributed by atoms with E-state index in [4.69, 9.17) is 9.47 Å². The highest BCUT2D eigenvalue weighted by atomic mass is 16.5. The first-order chi connectivity index (χ1) is 16.0. The summed E-state index contributed by atoms with van der Waals surface area (Å²) in [6.45, 7) is -0.0538. The van der Waals surface area contributed by atoms with Crippen molar-refractivity contribution in [3.8, 4) is 5.75 Å². The van der Waals surface area contributed by atoms with Gasteiger partial charge in [0.05, 0.1) is 26.3 Å². The Bertz CT molecular complexity index is 1110. The van der Waals surface area contributed by atoms with Gasteiger partial charge >= 0.3 is 0 Å². The van der Waals surface area contributed by atoms with Crippen molar-refractivity contribution in [2.45, 2.75) is 18.7 Å². The van der Waals surface area contributed by atoms with Gasteiger partial charge in [0, 0.05) is 30.7 Å². The van der Waals surface area contributed by atoms with Gasteiger partial charge in [-0.25, -0.2) is 4.98 Å². The van der Waals surface area contributed by atoms with E-state index >= 15 is 0 Å². The normalized spacial score (nSPS) is 18.3. The fraction of sp³-hybridized carbons (Fsp3) is 0.292. The molecule has 0 saturated carbocycles. The minimum absolute atomic E-state index is 0.0818. The second-order valence-corrected chi connectivity index (χ2v) is 7.76. The Morgan fingerprint density at radius 3 is 2.55 bits per heavy atom. The molecule has 2 aromatic carbocycles. The predicted octanol–water partition coefficient (Wildman–Crippen LogP) is 2.14. The molecule has 33 heavy (non-hydrogen) atoms. The zero-order valence-corrected chi connectivity index (χ0v) is 18.5. The third-order valence-electron chi connectivity index (χ3n) is 5.73. The van der Waals surface area contributed by atoms with Gasteiger partial charge in [-0.3, -0.25) is 9.59 Å². The topological polar surface area (TPSA) is 106 Å². The number of morpholine rings is 1. The molecule has 1 aliphatic heterocycles. The quantitative estimate of drug-likeness (QED) is 0.571. The number of imidazole rings is 1. The lowest BCUT2D eigenvalue weighted by atomic mass is 9.99. The number of ether oxygens (including phenoxy) is 2. The number of methoxy groups -OCH3 is 1. The van der Waals surface area contributed by atoms with Crippen molar-refractivity contribution < 1.29 is 24.2 Å². The highest BCUT2D eigenvalue weighted by Crippen LogP contribution is 2.30. The van der Waals surface area contributed by atoms with E-state index < -0.39 is 12.1 Å². The SMILES string of the molecule is COc1ccc(C(=O)Nc2ccc(C3OCC(=O)N(Cc4nccn4C)C3CO)cc2)cc1. The first kappa shape index (κ1) is 22.5. The Balaban J connectivity index is 1.47. The van der Waals surface area contributed by atoms with E-state index in [1.165, 1.54) is 0 Å². The molecule has 2 unspecified atom stereocenters. The molecule has 1 saturated heterocycles. The van der Waals surface area contributed by atoms with Crippen LogP contribution in [0.2, 0.25) is 0 Å². The minimum atomic E-state index is -0.553. The number of nitrogens with zero attached hydrogens (tertiary/aromatic N) is 3. The van der Waals surface area contributed by atoms with Crippen molar-refractivity contribution in [3.05, 3.63) is 77.9 Å². The fourth-order valence-corrected chi connectivity index (χ4v) is 3.82. The molecule has 3 aromatic rings. The smallest absolute Gasteiger partial charge is 0.255 e. The summed E-state index contributed by atoms with van der Waals surface area (Å²) >= 11 is 0. The molecule has 9 heteroatoms. The maximum absolute atomic E-state index is 12.5. The van der Waals surface area contributed by atoms with Gasteiger partial charge in [0.15, 0.2) is 0 Å². The summed E-state index contributed by atoms with van der Waals surface area (Å²) in [5, 5.41) is 12.9. The van der Waals surface area contributed by atoms with Crippen LogP contribution in [0.5, 0.6) is 5.75 Å². The monoisotopic (exact) mass is 450 g/mol. The van der Waals surface area contributed by atoms with Crippen molar-refractivity contribution in [1.82, 2.24) is 14.5 Å². The summed E-state index contributed by atoms with van der Waals surface area (Å²) < 4.78 is 12.7. The number of hydrogen-bond acceptors (Lipinski definition) is 6. The molecule has 0 radical (unpaired) electrons. The van der Waals surface area contributed by atoms with E-state index in [-0.39, 0.29) is 31.6 Å². The number of nitrogens with one attached hydrogen (secondary N) is 1. The largest absolute Gasteiger partial charge is 0.497 e. The molecule has 2 heterocycles. The number of aromatic nitrogens is 2. The Hall–Kier alpha value is -3.69. The number of rotatable bonds is 7. The maximum atomic E-state index is 12.5. The Morgan fingerprint density at radius 2 is 1.94 bits per heavy atom. The molecule has 1 fully saturated rings. The molecular weight excluding hydrogens is 424 g/mol. The van der Waals surface area contributed by atoms with Crippen molar-refractivity contribution in [1.29, 1.82) is 0 Å². The van der Waals surface area contributed by atoms with Crippen molar-refractivity contribution in [3.63, 3.8) is 0 Å². The van der Waals surface area contributed by atoms with Crippen LogP contribution in [-0.2, 0) is 23.1 Å². The number of carbonyl (C=O) groups is 2. The maximum Gasteiger partial charge on any atom is 0.255 e. The van der Waals surface area contributed by atoms with Crippen LogP contribution in [0, 0.1) is 0 Å². The van der Waals surface area contributed by atoms with Crippen LogP contribution in [0.4, 0.5) is 5.69 Å². The molecule has 2 N–H and O–H groups in total. The summed E-state index contributed by atoms with van der Waals surface area (Å²) in [5.41, 5.74) is 1.94. The highest BCUT2D eigenvalue weighted by Gasteiger charge is 2.37. The van der Waals surface area contributed by atoms with E-state index in [2.05, 4.69) is 10.3 Å². The number of aliphatic hydroxyl groups is 1. The third kappa shape index (κ3) is 4.89. The zero-order valence-electron chi connectivity index (χ0n) is 18.5. The molecule has 0 aliphatic carbocycles. The van der Waals surface area contributed by atoms with Crippen LogP contribution >= 0.6 is 0 Å². The second-order valence-electron chi connectivity index (χ2n) is 7.76. The van der Waals surface area contributed by atoms with Crippen LogP contribution in [0.15, 0.2) is 60.9 Å². The number of benzene rings is 2. The molecule has 0 spiro atoms. The molecule has 172 valence electrons. The summed E-state index contributed by atoms with van der Waals surface area (Å²) in [6.07, 6.45) is 2.98. The van der Waals surface area contributed by atoms with Crippen molar-refractivity contribution in [2.24, 2.45) is 7.05 Å². The van der Waals surface area contributed by atoms with Gasteiger partial charge in [0.1, 0.15) is 24.3 Å². The molecule has 0 bridgehead atoms. The van der Waals surface area contributed by atoms with E-state index in [1.807, 2.05) is 29.9 Å². The van der Waals surface area contributed by atoms with Crippen LogP contribution in [0.25, 0.3) is 0 Å². The molecule has 2 atom stereocenters. The van der Waals surface area contributed by atoms with Gasteiger partial charge in [-0.1, -0.05) is 12.1 Å².